The molecule has 0 amide bonds. The van der Waals surface area contributed by atoms with E-state index in [1.807, 2.05) is 60.7 Å². The number of benzene rings is 7. The van der Waals surface area contributed by atoms with Crippen molar-refractivity contribution in [1.82, 2.24) is 5.06 Å². The molecule has 44 heavy (non-hydrogen) atoms. The fourth-order valence-corrected chi connectivity index (χ4v) is 5.15. The Balaban J connectivity index is 0.000000182. The molecule has 0 atom stereocenters. The maximum Gasteiger partial charge on any atom is 0.0492 e. The molecule has 0 aromatic heterocycles. The summed E-state index contributed by atoms with van der Waals surface area (Å²) < 4.78 is 0. The molecule has 216 valence electrons. The van der Waals surface area contributed by atoms with Gasteiger partial charge in [0, 0.05) is 35.8 Å². The third kappa shape index (κ3) is 7.90. The highest BCUT2D eigenvalue weighted by Gasteiger charge is 2.03. The summed E-state index contributed by atoms with van der Waals surface area (Å²) in [5.74, 6) is 0. The number of hydrogen-bond donors (Lipinski definition) is 3. The summed E-state index contributed by atoms with van der Waals surface area (Å²) in [7, 11) is 0. The summed E-state index contributed by atoms with van der Waals surface area (Å²) in [6.07, 6.45) is 0. The predicted octanol–water partition coefficient (Wildman–Crippen LogP) is 10.6. The third-order valence-corrected chi connectivity index (χ3v) is 7.38. The fourth-order valence-electron chi connectivity index (χ4n) is 5.15. The second-order valence-corrected chi connectivity index (χ2v) is 10.7. The van der Waals surface area contributed by atoms with Gasteiger partial charge in [0.1, 0.15) is 0 Å². The van der Waals surface area contributed by atoms with E-state index in [2.05, 4.69) is 120 Å². The monoisotopic (exact) mass is 573 g/mol. The van der Waals surface area contributed by atoms with Crippen LogP contribution >= 0.6 is 0 Å². The van der Waals surface area contributed by atoms with Crippen LogP contribution in [0.15, 0.2) is 170 Å². The minimum atomic E-state index is 0.551. The first kappa shape index (κ1) is 28.7. The van der Waals surface area contributed by atoms with Crippen LogP contribution in [-0.4, -0.2) is 10.3 Å². The lowest BCUT2D eigenvalue weighted by atomic mass is 10.1. The molecule has 7 aromatic carbocycles. The molecule has 4 heteroatoms. The van der Waals surface area contributed by atoms with Gasteiger partial charge in [0.05, 0.1) is 0 Å². The molecule has 0 spiro atoms. The van der Waals surface area contributed by atoms with E-state index in [0.717, 1.165) is 33.9 Å². The molecule has 4 nitrogen and oxygen atoms in total. The van der Waals surface area contributed by atoms with Crippen molar-refractivity contribution >= 4 is 44.3 Å². The number of nitrogens with one attached hydrogen (secondary N) is 2. The van der Waals surface area contributed by atoms with Crippen LogP contribution in [0.25, 0.3) is 21.5 Å². The van der Waals surface area contributed by atoms with Gasteiger partial charge in [-0.2, -0.15) is 5.06 Å². The molecule has 0 heterocycles. The maximum absolute atomic E-state index is 9.79. The van der Waals surface area contributed by atoms with Crippen molar-refractivity contribution in [3.8, 4) is 0 Å². The molecule has 7 aromatic rings. The Labute approximate surface area is 258 Å². The zero-order valence-electron chi connectivity index (χ0n) is 24.5. The van der Waals surface area contributed by atoms with Gasteiger partial charge in [0.2, 0.25) is 0 Å². The molecule has 7 rings (SSSR count). The molecule has 0 fully saturated rings. The van der Waals surface area contributed by atoms with E-state index in [-0.39, 0.29) is 0 Å². The molecule has 0 bridgehead atoms. The first-order valence-corrected chi connectivity index (χ1v) is 14.8. The third-order valence-electron chi connectivity index (χ3n) is 7.38. The largest absolute Gasteiger partial charge is 0.356 e. The quantitative estimate of drug-likeness (QED) is 0.158. The second kappa shape index (κ2) is 14.2. The van der Waals surface area contributed by atoms with E-state index in [9.17, 15) is 5.21 Å². The number of hydrogen-bond acceptors (Lipinski definition) is 4. The molecule has 0 saturated carbocycles. The Morgan fingerprint density at radius 1 is 0.364 bits per heavy atom. The second-order valence-electron chi connectivity index (χ2n) is 10.7. The van der Waals surface area contributed by atoms with Crippen molar-refractivity contribution in [2.24, 2.45) is 0 Å². The summed E-state index contributed by atoms with van der Waals surface area (Å²) in [4.78, 5) is 0. The SMILES string of the molecule is ON(Cc1ccccc1)Cc1ccccc1.c1ccc2cc(Nc3ccc(Nc4ccc5ccccc5c4)cc3)ccc2c1. The standard InChI is InChI=1S/C26H20N2.C14H15NO/c1-3-7-21-17-25(11-9-19(21)5-1)27-23-13-15-24(16-14-23)28-26-12-10-20-6-2-4-8-22(20)18-26;16-15(11-13-7-3-1-4-8-13)12-14-9-5-2-6-10-14/h1-18,27-28H;1-10,16H,11-12H2. The van der Waals surface area contributed by atoms with Gasteiger partial charge in [-0.25, -0.2) is 0 Å². The van der Waals surface area contributed by atoms with Gasteiger partial charge < -0.3 is 15.8 Å². The maximum atomic E-state index is 9.79. The lowest BCUT2D eigenvalue weighted by Gasteiger charge is -2.14. The fraction of sp³-hybridized carbons (Fsp3) is 0.0500. The molecule has 3 N–H and O–H groups in total. The van der Waals surface area contributed by atoms with Gasteiger partial charge in [-0.3, -0.25) is 0 Å². The van der Waals surface area contributed by atoms with Crippen LogP contribution in [-0.2, 0) is 13.1 Å². The number of rotatable bonds is 8. The van der Waals surface area contributed by atoms with Gasteiger partial charge in [0.25, 0.3) is 0 Å². The summed E-state index contributed by atoms with van der Waals surface area (Å²) >= 11 is 0. The van der Waals surface area contributed by atoms with Gasteiger partial charge >= 0.3 is 0 Å². The van der Waals surface area contributed by atoms with Crippen LogP contribution in [0.5, 0.6) is 0 Å². The Morgan fingerprint density at radius 2 is 0.705 bits per heavy atom. The minimum absolute atomic E-state index is 0.551. The van der Waals surface area contributed by atoms with Crippen molar-refractivity contribution in [2.75, 3.05) is 10.6 Å². The highest BCUT2D eigenvalue weighted by molar-refractivity contribution is 5.87. The number of fused-ring (bicyclic) bond motifs is 2. The molecule has 0 aliphatic rings. The highest BCUT2D eigenvalue weighted by Crippen LogP contribution is 2.26. The summed E-state index contributed by atoms with van der Waals surface area (Å²) in [5.41, 5.74) is 6.54. The average Bonchev–Trinajstić information content (AvgIpc) is 3.07. The first-order chi connectivity index (χ1) is 21.7. The van der Waals surface area contributed by atoms with Crippen LogP contribution in [0.3, 0.4) is 0 Å². The Bertz CT molecular complexity index is 1780. The Hall–Kier alpha value is -5.42. The van der Waals surface area contributed by atoms with Crippen molar-refractivity contribution in [1.29, 1.82) is 0 Å². The van der Waals surface area contributed by atoms with Gasteiger partial charge in [-0.1, -0.05) is 121 Å². The van der Waals surface area contributed by atoms with E-state index in [4.69, 9.17) is 0 Å². The molecular formula is C40H35N3O. The first-order valence-electron chi connectivity index (χ1n) is 14.8. The van der Waals surface area contributed by atoms with E-state index < -0.39 is 0 Å². The lowest BCUT2D eigenvalue weighted by molar-refractivity contribution is -0.108. The van der Waals surface area contributed by atoms with E-state index in [0.29, 0.717) is 13.1 Å². The van der Waals surface area contributed by atoms with Crippen molar-refractivity contribution < 1.29 is 5.21 Å². The molecule has 0 saturated heterocycles. The molecule has 0 aliphatic heterocycles. The van der Waals surface area contributed by atoms with Gasteiger partial charge in [0.15, 0.2) is 0 Å². The highest BCUT2D eigenvalue weighted by atomic mass is 16.5. The van der Waals surface area contributed by atoms with E-state index in [1.54, 1.807) is 0 Å². The van der Waals surface area contributed by atoms with E-state index in [1.165, 1.54) is 26.6 Å². The lowest BCUT2D eigenvalue weighted by Crippen LogP contribution is -2.17. The van der Waals surface area contributed by atoms with Crippen molar-refractivity contribution in [3.05, 3.63) is 181 Å². The zero-order chi connectivity index (χ0) is 30.0. The molecule has 0 radical (unpaired) electrons. The van der Waals surface area contributed by atoms with Crippen molar-refractivity contribution in [2.45, 2.75) is 13.1 Å². The van der Waals surface area contributed by atoms with Crippen molar-refractivity contribution in [3.63, 3.8) is 0 Å². The van der Waals surface area contributed by atoms with Crippen LogP contribution in [0, 0.1) is 0 Å². The Morgan fingerprint density at radius 3 is 1.11 bits per heavy atom. The van der Waals surface area contributed by atoms with Gasteiger partial charge in [-0.15, -0.1) is 0 Å². The summed E-state index contributed by atoms with van der Waals surface area (Å²) in [6.45, 7) is 1.10. The Kier molecular flexibility index (Phi) is 9.24. The topological polar surface area (TPSA) is 47.5 Å². The zero-order valence-corrected chi connectivity index (χ0v) is 24.5. The number of hydroxylamine groups is 2. The molecular weight excluding hydrogens is 538 g/mol. The van der Waals surface area contributed by atoms with Crippen LogP contribution in [0.1, 0.15) is 11.1 Å². The smallest absolute Gasteiger partial charge is 0.0492 e. The van der Waals surface area contributed by atoms with Crippen LogP contribution < -0.4 is 10.6 Å². The average molecular weight is 574 g/mol. The summed E-state index contributed by atoms with van der Waals surface area (Å²) in [5, 5.41) is 23.1. The molecule has 0 aliphatic carbocycles. The predicted molar refractivity (Wildman–Crippen MR) is 185 cm³/mol. The summed E-state index contributed by atoms with van der Waals surface area (Å²) in [6, 6.07) is 58.0. The number of nitrogens with zero attached hydrogens (tertiary/aromatic N) is 1. The normalized spacial score (nSPS) is 10.8. The molecule has 0 unspecified atom stereocenters. The van der Waals surface area contributed by atoms with E-state index >= 15 is 0 Å². The minimum Gasteiger partial charge on any atom is -0.356 e. The van der Waals surface area contributed by atoms with Gasteiger partial charge in [-0.05, 0) is 81.2 Å². The van der Waals surface area contributed by atoms with Crippen LogP contribution in [0.4, 0.5) is 22.7 Å². The van der Waals surface area contributed by atoms with Crippen LogP contribution in [0.2, 0.25) is 0 Å². The number of anilines is 4.